The number of anilines is 1. The number of aromatic nitrogens is 1. The van der Waals surface area contributed by atoms with Crippen LogP contribution in [-0.2, 0) is 10.9 Å². The molecule has 1 aromatic carbocycles. The van der Waals surface area contributed by atoms with Gasteiger partial charge in [0.15, 0.2) is 0 Å². The molecule has 2 N–H and O–H groups in total. The Labute approximate surface area is 157 Å². The minimum Gasteiger partial charge on any atom is -0.378 e. The second-order valence-electron chi connectivity index (χ2n) is 6.06. The third-order valence-electron chi connectivity index (χ3n) is 4.16. The molecule has 3 rings (SSSR count). The molecule has 1 aromatic heterocycles. The number of hydrogen-bond donors (Lipinski definition) is 2. The fourth-order valence-corrected chi connectivity index (χ4v) is 2.66. The first-order valence-corrected chi connectivity index (χ1v) is 8.34. The van der Waals surface area contributed by atoms with Crippen LogP contribution in [0, 0.1) is 0 Å². The monoisotopic (exact) mass is 395 g/mol. The standard InChI is InChI=1S/C18H16F3N3O4/c19-18(20,21)12-9-14(15(25)22-10-12)16(26)23-13-3-1-11(2-4-13)17(27)24-5-7-28-8-6-24/h1-4,9-10H,5-8H2,(H,22,25)(H,23,26). The number of aromatic amines is 1. The minimum atomic E-state index is -4.69. The molecule has 2 aromatic rings. The molecule has 0 aliphatic carbocycles. The summed E-state index contributed by atoms with van der Waals surface area (Å²) in [7, 11) is 0. The third kappa shape index (κ3) is 4.39. The average molecular weight is 395 g/mol. The van der Waals surface area contributed by atoms with Crippen LogP contribution in [0.15, 0.2) is 41.3 Å². The van der Waals surface area contributed by atoms with Crippen molar-refractivity contribution in [3.05, 3.63) is 63.6 Å². The molecule has 0 unspecified atom stereocenters. The average Bonchev–Trinajstić information content (AvgIpc) is 2.68. The van der Waals surface area contributed by atoms with Crippen molar-refractivity contribution >= 4 is 17.5 Å². The molecule has 1 saturated heterocycles. The third-order valence-corrected chi connectivity index (χ3v) is 4.16. The fourth-order valence-electron chi connectivity index (χ4n) is 2.66. The maximum Gasteiger partial charge on any atom is 0.417 e. The van der Waals surface area contributed by atoms with E-state index in [1.54, 1.807) is 4.90 Å². The van der Waals surface area contributed by atoms with Crippen LogP contribution in [0.1, 0.15) is 26.3 Å². The van der Waals surface area contributed by atoms with E-state index in [0.29, 0.717) is 44.1 Å². The predicted molar refractivity (Wildman–Crippen MR) is 93.2 cm³/mol. The Morgan fingerprint density at radius 3 is 2.36 bits per heavy atom. The second kappa shape index (κ2) is 7.85. The van der Waals surface area contributed by atoms with Gasteiger partial charge < -0.3 is 19.9 Å². The van der Waals surface area contributed by atoms with Crippen LogP contribution >= 0.6 is 0 Å². The van der Waals surface area contributed by atoms with E-state index in [2.05, 4.69) is 5.32 Å². The van der Waals surface area contributed by atoms with E-state index in [9.17, 15) is 27.6 Å². The fraction of sp³-hybridized carbons (Fsp3) is 0.278. The van der Waals surface area contributed by atoms with Gasteiger partial charge in [0.25, 0.3) is 17.4 Å². The molecule has 0 spiro atoms. The molecule has 0 saturated carbocycles. The maximum absolute atomic E-state index is 12.8. The van der Waals surface area contributed by atoms with Crippen LogP contribution in [0.25, 0.3) is 0 Å². The lowest BCUT2D eigenvalue weighted by atomic mass is 10.1. The highest BCUT2D eigenvalue weighted by Gasteiger charge is 2.32. The van der Waals surface area contributed by atoms with Crippen molar-refractivity contribution < 1.29 is 27.5 Å². The molecule has 0 radical (unpaired) electrons. The Kier molecular flexibility index (Phi) is 5.50. The predicted octanol–water partition coefficient (Wildman–Crippen LogP) is 2.12. The summed E-state index contributed by atoms with van der Waals surface area (Å²) in [5, 5.41) is 2.35. The normalized spacial score (nSPS) is 14.6. The van der Waals surface area contributed by atoms with Crippen molar-refractivity contribution in [1.82, 2.24) is 9.88 Å². The molecule has 148 valence electrons. The lowest BCUT2D eigenvalue weighted by Crippen LogP contribution is -2.40. The van der Waals surface area contributed by atoms with Gasteiger partial charge in [0.2, 0.25) is 0 Å². The Hall–Kier alpha value is -3.14. The second-order valence-corrected chi connectivity index (χ2v) is 6.06. The number of ether oxygens (including phenoxy) is 1. The van der Waals surface area contributed by atoms with E-state index in [0.717, 1.165) is 0 Å². The molecule has 2 heterocycles. The number of halogens is 3. The van der Waals surface area contributed by atoms with Crippen LogP contribution in [-0.4, -0.2) is 48.0 Å². The van der Waals surface area contributed by atoms with Crippen molar-refractivity contribution in [3.63, 3.8) is 0 Å². The van der Waals surface area contributed by atoms with Crippen molar-refractivity contribution in [1.29, 1.82) is 0 Å². The Bertz CT molecular complexity index is 932. The number of carbonyl (C=O) groups excluding carboxylic acids is 2. The van der Waals surface area contributed by atoms with E-state index in [1.165, 1.54) is 24.3 Å². The number of benzene rings is 1. The van der Waals surface area contributed by atoms with Gasteiger partial charge in [-0.2, -0.15) is 13.2 Å². The summed E-state index contributed by atoms with van der Waals surface area (Å²) in [5.41, 5.74) is -2.10. The Morgan fingerprint density at radius 2 is 1.75 bits per heavy atom. The van der Waals surface area contributed by atoms with E-state index in [-0.39, 0.29) is 11.6 Å². The minimum absolute atomic E-state index is 0.185. The van der Waals surface area contributed by atoms with E-state index < -0.39 is 28.8 Å². The van der Waals surface area contributed by atoms with E-state index in [1.807, 2.05) is 4.98 Å². The number of hydrogen-bond acceptors (Lipinski definition) is 4. The van der Waals surface area contributed by atoms with Gasteiger partial charge in [-0.1, -0.05) is 0 Å². The van der Waals surface area contributed by atoms with Gasteiger partial charge >= 0.3 is 6.18 Å². The zero-order valence-electron chi connectivity index (χ0n) is 14.5. The SMILES string of the molecule is O=C(Nc1ccc(C(=O)N2CCOCC2)cc1)c1cc(C(F)(F)F)c[nH]c1=O. The molecular formula is C18H16F3N3O4. The first kappa shape index (κ1) is 19.6. The van der Waals surface area contributed by atoms with Gasteiger partial charge in [0.05, 0.1) is 18.8 Å². The first-order valence-electron chi connectivity index (χ1n) is 8.34. The molecule has 10 heteroatoms. The van der Waals surface area contributed by atoms with Crippen LogP contribution in [0.2, 0.25) is 0 Å². The maximum atomic E-state index is 12.8. The van der Waals surface area contributed by atoms with Gasteiger partial charge in [-0.15, -0.1) is 0 Å². The highest BCUT2D eigenvalue weighted by molar-refractivity contribution is 6.04. The molecular weight excluding hydrogens is 379 g/mol. The summed E-state index contributed by atoms with van der Waals surface area (Å²) in [5.74, 6) is -1.17. The largest absolute Gasteiger partial charge is 0.417 e. The topological polar surface area (TPSA) is 91.5 Å². The lowest BCUT2D eigenvalue weighted by molar-refractivity contribution is -0.137. The van der Waals surface area contributed by atoms with Crippen molar-refractivity contribution in [2.24, 2.45) is 0 Å². The van der Waals surface area contributed by atoms with Gasteiger partial charge in [-0.05, 0) is 30.3 Å². The Morgan fingerprint density at radius 1 is 1.11 bits per heavy atom. The number of nitrogens with one attached hydrogen (secondary N) is 2. The van der Waals surface area contributed by atoms with E-state index >= 15 is 0 Å². The first-order chi connectivity index (χ1) is 13.3. The number of nitrogens with zero attached hydrogens (tertiary/aromatic N) is 1. The molecule has 1 aliphatic heterocycles. The number of morpholine rings is 1. The molecule has 1 aliphatic rings. The van der Waals surface area contributed by atoms with Gasteiger partial charge in [0.1, 0.15) is 5.56 Å². The highest BCUT2D eigenvalue weighted by atomic mass is 19.4. The Balaban J connectivity index is 1.73. The highest BCUT2D eigenvalue weighted by Crippen LogP contribution is 2.28. The number of amides is 2. The van der Waals surface area contributed by atoms with Crippen LogP contribution in [0.3, 0.4) is 0 Å². The van der Waals surface area contributed by atoms with E-state index in [4.69, 9.17) is 4.74 Å². The molecule has 1 fully saturated rings. The van der Waals surface area contributed by atoms with Gasteiger partial charge in [-0.3, -0.25) is 14.4 Å². The number of alkyl halides is 3. The summed E-state index contributed by atoms with van der Waals surface area (Å²) in [6, 6.07) is 6.35. The van der Waals surface area contributed by atoms with Gasteiger partial charge in [0, 0.05) is 30.5 Å². The molecule has 7 nitrogen and oxygen atoms in total. The van der Waals surface area contributed by atoms with Crippen molar-refractivity contribution in [3.8, 4) is 0 Å². The molecule has 2 amide bonds. The molecule has 28 heavy (non-hydrogen) atoms. The summed E-state index contributed by atoms with van der Waals surface area (Å²) in [6.07, 6.45) is -4.19. The number of pyridine rings is 1. The summed E-state index contributed by atoms with van der Waals surface area (Å²) in [6.45, 7) is 1.89. The number of H-pyrrole nitrogens is 1. The van der Waals surface area contributed by atoms with Crippen molar-refractivity contribution in [2.75, 3.05) is 31.6 Å². The number of rotatable bonds is 3. The van der Waals surface area contributed by atoms with Crippen LogP contribution in [0.5, 0.6) is 0 Å². The van der Waals surface area contributed by atoms with Crippen LogP contribution in [0.4, 0.5) is 18.9 Å². The summed E-state index contributed by atoms with van der Waals surface area (Å²) in [4.78, 5) is 39.8. The zero-order valence-corrected chi connectivity index (χ0v) is 14.5. The zero-order chi connectivity index (χ0) is 20.3. The lowest BCUT2D eigenvalue weighted by Gasteiger charge is -2.26. The summed E-state index contributed by atoms with van der Waals surface area (Å²) >= 11 is 0. The molecule has 0 bridgehead atoms. The quantitative estimate of drug-likeness (QED) is 0.833. The van der Waals surface area contributed by atoms with Crippen LogP contribution < -0.4 is 10.9 Å². The number of carbonyl (C=O) groups is 2. The van der Waals surface area contributed by atoms with Gasteiger partial charge in [-0.25, -0.2) is 0 Å². The smallest absolute Gasteiger partial charge is 0.378 e. The van der Waals surface area contributed by atoms with Crippen molar-refractivity contribution in [2.45, 2.75) is 6.18 Å². The summed E-state index contributed by atoms with van der Waals surface area (Å²) < 4.78 is 43.5. The molecule has 0 atom stereocenters.